The van der Waals surface area contributed by atoms with Crippen molar-refractivity contribution < 1.29 is 28.0 Å². The first-order valence-electron chi connectivity index (χ1n) is 20.9. The number of carbonyl (C=O) groups is 1. The van der Waals surface area contributed by atoms with Crippen molar-refractivity contribution in [1.82, 2.24) is 5.32 Å². The van der Waals surface area contributed by atoms with Crippen LogP contribution in [0.3, 0.4) is 0 Å². The van der Waals surface area contributed by atoms with E-state index in [9.17, 15) is 28.0 Å². The van der Waals surface area contributed by atoms with Gasteiger partial charge in [0.1, 0.15) is 6.10 Å². The van der Waals surface area contributed by atoms with Gasteiger partial charge in [-0.15, -0.1) is 0 Å². The van der Waals surface area contributed by atoms with Crippen LogP contribution in [0.1, 0.15) is 194 Å². The first-order valence-corrected chi connectivity index (χ1v) is 22.6. The first-order chi connectivity index (χ1) is 24.7. The quantitative estimate of drug-likeness (QED) is 0.0286. The number of nitrogens with one attached hydrogen (secondary N) is 1. The van der Waals surface area contributed by atoms with Crippen molar-refractivity contribution >= 4 is 16.0 Å². The molecule has 3 unspecified atom stereocenters. The maximum absolute atomic E-state index is 12.6. The van der Waals surface area contributed by atoms with Crippen LogP contribution >= 0.6 is 0 Å². The Morgan fingerprint density at radius 1 is 0.569 bits per heavy atom. The summed E-state index contributed by atoms with van der Waals surface area (Å²) < 4.78 is 32.5. The number of aliphatic hydroxyl groups excluding tert-OH is 2. The number of allylic oxidation sites excluding steroid dienone is 7. The standard InChI is InChI=1S/C43H79NO6S/c1-3-5-7-9-11-13-15-17-19-20-21-22-23-24-26-28-30-32-34-36-38-42(46)43(47)44-40(39-51(48,49)50)41(45)37-35-33-31-29-27-25-18-16-14-12-10-8-6-4-2/h5,7,11,13,27,29,35,37,40-42,45-46H,3-4,6,8-10,12,14-26,28,30-34,36,38-39H2,1-2H3,(H,44,47)(H,48,49,50)/b7-5-,13-11-,29-27+,37-35+. The zero-order valence-electron chi connectivity index (χ0n) is 32.8. The second-order valence-corrected chi connectivity index (χ2v) is 15.9. The maximum atomic E-state index is 12.6. The molecule has 7 nitrogen and oxygen atoms in total. The largest absolute Gasteiger partial charge is 0.387 e. The molecule has 0 aliphatic carbocycles. The summed E-state index contributed by atoms with van der Waals surface area (Å²) >= 11 is 0. The molecule has 0 aliphatic rings. The van der Waals surface area contributed by atoms with Gasteiger partial charge in [0.15, 0.2) is 0 Å². The third-order valence-corrected chi connectivity index (χ3v) is 10.1. The number of carbonyl (C=O) groups excluding carboxylic acids is 1. The van der Waals surface area contributed by atoms with Crippen LogP contribution < -0.4 is 5.32 Å². The summed E-state index contributed by atoms with van der Waals surface area (Å²) in [4.78, 5) is 12.6. The van der Waals surface area contributed by atoms with Gasteiger partial charge in [-0.3, -0.25) is 9.35 Å². The summed E-state index contributed by atoms with van der Waals surface area (Å²) in [7, 11) is -4.45. The van der Waals surface area contributed by atoms with E-state index in [0.717, 1.165) is 44.9 Å². The fourth-order valence-electron chi connectivity index (χ4n) is 6.16. The minimum Gasteiger partial charge on any atom is -0.387 e. The smallest absolute Gasteiger partial charge is 0.267 e. The molecule has 0 saturated heterocycles. The van der Waals surface area contributed by atoms with Gasteiger partial charge in [0.05, 0.1) is 17.9 Å². The molecular formula is C43H79NO6S. The van der Waals surface area contributed by atoms with E-state index in [-0.39, 0.29) is 6.42 Å². The van der Waals surface area contributed by atoms with Gasteiger partial charge >= 0.3 is 0 Å². The van der Waals surface area contributed by atoms with E-state index in [2.05, 4.69) is 55.6 Å². The van der Waals surface area contributed by atoms with Crippen molar-refractivity contribution in [3.8, 4) is 0 Å². The highest BCUT2D eigenvalue weighted by Gasteiger charge is 2.27. The Kier molecular flexibility index (Phi) is 35.4. The summed E-state index contributed by atoms with van der Waals surface area (Å²) in [6.07, 6.45) is 46.0. The Morgan fingerprint density at radius 3 is 1.51 bits per heavy atom. The molecule has 0 rings (SSSR count). The molecule has 0 aromatic heterocycles. The lowest BCUT2D eigenvalue weighted by atomic mass is 10.0. The summed E-state index contributed by atoms with van der Waals surface area (Å²) in [6.45, 7) is 4.40. The molecule has 51 heavy (non-hydrogen) atoms. The number of hydrogen-bond acceptors (Lipinski definition) is 5. The van der Waals surface area contributed by atoms with Crippen LogP contribution in [0.5, 0.6) is 0 Å². The lowest BCUT2D eigenvalue weighted by molar-refractivity contribution is -0.130. The third-order valence-electron chi connectivity index (χ3n) is 9.35. The van der Waals surface area contributed by atoms with Crippen LogP contribution in [0.25, 0.3) is 0 Å². The van der Waals surface area contributed by atoms with E-state index in [0.29, 0.717) is 12.8 Å². The van der Waals surface area contributed by atoms with Gasteiger partial charge in [0.2, 0.25) is 5.91 Å². The highest BCUT2D eigenvalue weighted by atomic mass is 32.2. The lowest BCUT2D eigenvalue weighted by Crippen LogP contribution is -2.50. The van der Waals surface area contributed by atoms with Gasteiger partial charge < -0.3 is 15.5 Å². The molecule has 0 saturated carbocycles. The Labute approximate surface area is 314 Å². The zero-order valence-corrected chi connectivity index (χ0v) is 33.6. The SMILES string of the molecule is CC/C=C\C/C=C\CCCCCCCCCCCCCCCC(O)C(=O)NC(CS(=O)(=O)O)C(O)/C=C/CC/C=C/CCCCCCCCCC. The Balaban J connectivity index is 4.02. The molecule has 3 atom stereocenters. The predicted octanol–water partition coefficient (Wildman–Crippen LogP) is 11.3. The molecule has 298 valence electrons. The summed E-state index contributed by atoms with van der Waals surface area (Å²) in [5.41, 5.74) is 0. The molecule has 4 N–H and O–H groups in total. The molecule has 0 heterocycles. The summed E-state index contributed by atoms with van der Waals surface area (Å²) in [5.74, 6) is -1.56. The zero-order chi connectivity index (χ0) is 37.7. The third kappa shape index (κ3) is 36.4. The van der Waals surface area contributed by atoms with Gasteiger partial charge in [0.25, 0.3) is 10.1 Å². The van der Waals surface area contributed by atoms with Crippen molar-refractivity contribution in [1.29, 1.82) is 0 Å². The number of amides is 1. The second-order valence-electron chi connectivity index (χ2n) is 14.4. The maximum Gasteiger partial charge on any atom is 0.267 e. The van der Waals surface area contributed by atoms with Crippen LogP contribution in [0, 0.1) is 0 Å². The van der Waals surface area contributed by atoms with Gasteiger partial charge in [-0.25, -0.2) is 0 Å². The van der Waals surface area contributed by atoms with Crippen molar-refractivity contribution in [2.75, 3.05) is 5.75 Å². The average Bonchev–Trinajstić information content (AvgIpc) is 3.09. The van der Waals surface area contributed by atoms with E-state index < -0.39 is 40.0 Å². The minimum absolute atomic E-state index is 0.272. The molecule has 0 fully saturated rings. The van der Waals surface area contributed by atoms with E-state index >= 15 is 0 Å². The normalized spacial score (nSPS) is 14.4. The lowest BCUT2D eigenvalue weighted by Gasteiger charge is -2.22. The molecule has 0 radical (unpaired) electrons. The molecule has 0 bridgehead atoms. The highest BCUT2D eigenvalue weighted by molar-refractivity contribution is 7.85. The number of rotatable bonds is 37. The van der Waals surface area contributed by atoms with Crippen molar-refractivity contribution in [2.45, 2.75) is 212 Å². The van der Waals surface area contributed by atoms with Crippen LogP contribution in [-0.2, 0) is 14.9 Å². The first kappa shape index (κ1) is 49.3. The monoisotopic (exact) mass is 738 g/mol. The molecule has 0 spiro atoms. The van der Waals surface area contributed by atoms with E-state index in [1.807, 2.05) is 0 Å². The van der Waals surface area contributed by atoms with Gasteiger partial charge in [0, 0.05) is 0 Å². The second kappa shape index (κ2) is 36.6. The minimum atomic E-state index is -4.45. The fourth-order valence-corrected chi connectivity index (χ4v) is 6.89. The van der Waals surface area contributed by atoms with Crippen molar-refractivity contribution in [3.05, 3.63) is 48.6 Å². The fraction of sp³-hybridized carbons (Fsp3) is 0.791. The van der Waals surface area contributed by atoms with Crippen LogP contribution in [-0.4, -0.2) is 53.1 Å². The van der Waals surface area contributed by atoms with Gasteiger partial charge in [-0.2, -0.15) is 8.42 Å². The molecule has 0 aromatic carbocycles. The van der Waals surface area contributed by atoms with E-state index in [1.165, 1.54) is 122 Å². The predicted molar refractivity (Wildman–Crippen MR) is 218 cm³/mol. The van der Waals surface area contributed by atoms with E-state index in [4.69, 9.17) is 0 Å². The molecular weight excluding hydrogens is 659 g/mol. The van der Waals surface area contributed by atoms with Crippen LogP contribution in [0.2, 0.25) is 0 Å². The molecule has 0 aromatic rings. The topological polar surface area (TPSA) is 124 Å². The Morgan fingerprint density at radius 2 is 1.00 bits per heavy atom. The molecule has 0 aliphatic heterocycles. The number of unbranched alkanes of at least 4 members (excludes halogenated alkanes) is 22. The molecule has 1 amide bonds. The Bertz CT molecular complexity index is 1010. The van der Waals surface area contributed by atoms with Crippen LogP contribution in [0.15, 0.2) is 48.6 Å². The highest BCUT2D eigenvalue weighted by Crippen LogP contribution is 2.15. The van der Waals surface area contributed by atoms with Crippen molar-refractivity contribution in [3.63, 3.8) is 0 Å². The number of aliphatic hydroxyl groups is 2. The van der Waals surface area contributed by atoms with Crippen molar-refractivity contribution in [2.24, 2.45) is 0 Å². The van der Waals surface area contributed by atoms with Crippen LogP contribution in [0.4, 0.5) is 0 Å². The summed E-state index contributed by atoms with van der Waals surface area (Å²) in [5, 5.41) is 23.4. The summed E-state index contributed by atoms with van der Waals surface area (Å²) in [6, 6.07) is -1.25. The average molecular weight is 738 g/mol. The molecule has 8 heteroatoms. The van der Waals surface area contributed by atoms with E-state index in [1.54, 1.807) is 6.08 Å². The number of hydrogen-bond donors (Lipinski definition) is 4. The Hall–Kier alpha value is -1.74. The van der Waals surface area contributed by atoms with Gasteiger partial charge in [-0.1, -0.05) is 184 Å². The van der Waals surface area contributed by atoms with Gasteiger partial charge in [-0.05, 0) is 57.8 Å².